The number of sulfonamides is 1. The van der Waals surface area contributed by atoms with Gasteiger partial charge in [-0.05, 0) is 62.4 Å². The van der Waals surface area contributed by atoms with Gasteiger partial charge in [-0.25, -0.2) is 17.9 Å². The van der Waals surface area contributed by atoms with Crippen LogP contribution >= 0.6 is 0 Å². The third kappa shape index (κ3) is 4.31. The molecule has 0 bridgehead atoms. The van der Waals surface area contributed by atoms with Gasteiger partial charge < -0.3 is 5.32 Å². The molecule has 0 radical (unpaired) electrons. The molecule has 1 aliphatic rings. The van der Waals surface area contributed by atoms with Gasteiger partial charge in [-0.1, -0.05) is 13.8 Å². The third-order valence-corrected chi connectivity index (χ3v) is 7.25. The van der Waals surface area contributed by atoms with Crippen molar-refractivity contribution in [3.63, 3.8) is 0 Å². The van der Waals surface area contributed by atoms with E-state index in [1.807, 2.05) is 19.9 Å². The number of anilines is 1. The van der Waals surface area contributed by atoms with Crippen LogP contribution in [0.1, 0.15) is 42.3 Å². The van der Waals surface area contributed by atoms with E-state index < -0.39 is 15.9 Å². The molecule has 1 aromatic carbocycles. The molecule has 0 spiro atoms. The molecule has 1 aliphatic heterocycles. The lowest BCUT2D eigenvalue weighted by molar-refractivity contribution is 0.101. The number of nitrogens with one attached hydrogen (secondary N) is 1. The Hall–Kier alpha value is -2.85. The van der Waals surface area contributed by atoms with Gasteiger partial charge in [-0.3, -0.25) is 4.79 Å². The van der Waals surface area contributed by atoms with E-state index >= 15 is 0 Å². The summed E-state index contributed by atoms with van der Waals surface area (Å²) in [7, 11) is -3.57. The molecule has 1 saturated heterocycles. The molecule has 0 saturated carbocycles. The molecule has 31 heavy (non-hydrogen) atoms. The number of hydrogen-bond donors (Lipinski definition) is 1. The minimum Gasteiger partial charge on any atom is -0.319 e. The average Bonchev–Trinajstić information content (AvgIpc) is 3.12. The molecule has 1 amide bonds. The number of piperidine rings is 1. The first kappa shape index (κ1) is 21.4. The van der Waals surface area contributed by atoms with Crippen LogP contribution in [0.15, 0.2) is 35.2 Å². The lowest BCUT2D eigenvalue weighted by Gasteiger charge is -2.34. The predicted octanol–water partition coefficient (Wildman–Crippen LogP) is 2.66. The Morgan fingerprint density at radius 1 is 1.06 bits per heavy atom. The van der Waals surface area contributed by atoms with Crippen LogP contribution in [0.3, 0.4) is 0 Å². The van der Waals surface area contributed by atoms with E-state index in [-0.39, 0.29) is 10.7 Å². The van der Waals surface area contributed by atoms with Crippen molar-refractivity contribution < 1.29 is 13.2 Å². The first-order valence-corrected chi connectivity index (χ1v) is 11.7. The molecular weight excluding hydrogens is 416 g/mol. The Morgan fingerprint density at radius 2 is 1.71 bits per heavy atom. The van der Waals surface area contributed by atoms with Crippen LogP contribution in [-0.2, 0) is 10.0 Å². The minimum absolute atomic E-state index is 0.00538. The van der Waals surface area contributed by atoms with E-state index in [0.717, 1.165) is 17.8 Å². The highest BCUT2D eigenvalue weighted by Gasteiger charge is 2.31. The maximum atomic E-state index is 13.0. The molecule has 4 rings (SSSR count). The number of amides is 1. The molecule has 0 aliphatic carbocycles. The van der Waals surface area contributed by atoms with Crippen LogP contribution in [0.2, 0.25) is 0 Å². The quantitative estimate of drug-likeness (QED) is 0.665. The third-order valence-electron chi connectivity index (χ3n) is 5.41. The minimum atomic E-state index is -3.57. The summed E-state index contributed by atoms with van der Waals surface area (Å²) in [5, 5.41) is 6.92. The monoisotopic (exact) mass is 442 g/mol. The van der Waals surface area contributed by atoms with E-state index in [2.05, 4.69) is 34.2 Å². The smallest absolute Gasteiger partial charge is 0.295 e. The standard InChI is InChI=1S/C21H26N6O3S/c1-13-9-14(2)12-26(11-13)31(29,30)18-7-5-17(6-8-18)23-20(28)19-24-21-22-15(3)10-16(4)27(21)25-19/h5-8,10,13-14H,9,11-12H2,1-4H3,(H,23,28). The zero-order valence-electron chi connectivity index (χ0n) is 18.0. The summed E-state index contributed by atoms with van der Waals surface area (Å²) in [4.78, 5) is 21.3. The summed E-state index contributed by atoms with van der Waals surface area (Å²) in [6, 6.07) is 8.03. The SMILES string of the molecule is Cc1cc(C)n2nc(C(=O)Nc3ccc(S(=O)(=O)N4CC(C)CC(C)C4)cc3)nc2n1. The number of nitrogens with zero attached hydrogens (tertiary/aromatic N) is 5. The lowest BCUT2D eigenvalue weighted by atomic mass is 9.94. The van der Waals surface area contributed by atoms with E-state index in [4.69, 9.17) is 0 Å². The largest absolute Gasteiger partial charge is 0.319 e. The number of carbonyl (C=O) groups excluding carboxylic acids is 1. The van der Waals surface area contributed by atoms with Gasteiger partial charge in [-0.15, -0.1) is 5.10 Å². The summed E-state index contributed by atoms with van der Waals surface area (Å²) >= 11 is 0. The van der Waals surface area contributed by atoms with Crippen molar-refractivity contribution in [1.29, 1.82) is 0 Å². The maximum Gasteiger partial charge on any atom is 0.295 e. The summed E-state index contributed by atoms with van der Waals surface area (Å²) in [5.41, 5.74) is 2.08. The van der Waals surface area contributed by atoms with Crippen molar-refractivity contribution >= 4 is 27.4 Å². The number of benzene rings is 1. The van der Waals surface area contributed by atoms with Crippen LogP contribution in [0, 0.1) is 25.7 Å². The number of fused-ring (bicyclic) bond motifs is 1. The molecule has 2 aromatic heterocycles. The molecule has 2 unspecified atom stereocenters. The van der Waals surface area contributed by atoms with Gasteiger partial charge in [0.05, 0.1) is 4.90 Å². The van der Waals surface area contributed by atoms with Gasteiger partial charge in [-0.2, -0.15) is 9.29 Å². The highest BCUT2D eigenvalue weighted by molar-refractivity contribution is 7.89. The Bertz CT molecular complexity index is 1230. The zero-order chi connectivity index (χ0) is 22.3. The molecular formula is C21H26N6O3S. The fourth-order valence-corrected chi connectivity index (χ4v) is 5.79. The number of carbonyl (C=O) groups is 1. The van der Waals surface area contributed by atoms with Crippen LogP contribution in [-0.4, -0.2) is 51.3 Å². The maximum absolute atomic E-state index is 13.0. The number of aryl methyl sites for hydroxylation is 2. The molecule has 10 heteroatoms. The van der Waals surface area contributed by atoms with E-state index in [9.17, 15) is 13.2 Å². The lowest BCUT2D eigenvalue weighted by Crippen LogP contribution is -2.42. The molecule has 3 heterocycles. The number of rotatable bonds is 4. The Balaban J connectivity index is 1.51. The number of aromatic nitrogens is 4. The summed E-state index contributed by atoms with van der Waals surface area (Å²) in [6.07, 6.45) is 1.03. The van der Waals surface area contributed by atoms with Gasteiger partial charge >= 0.3 is 0 Å². The van der Waals surface area contributed by atoms with Crippen molar-refractivity contribution in [3.8, 4) is 0 Å². The molecule has 2 atom stereocenters. The summed E-state index contributed by atoms with van der Waals surface area (Å²) in [6.45, 7) is 8.91. The highest BCUT2D eigenvalue weighted by Crippen LogP contribution is 2.27. The predicted molar refractivity (Wildman–Crippen MR) is 116 cm³/mol. The fourth-order valence-electron chi connectivity index (χ4n) is 4.11. The normalized spacial score (nSPS) is 20.1. The van der Waals surface area contributed by atoms with Crippen LogP contribution in [0.5, 0.6) is 0 Å². The van der Waals surface area contributed by atoms with Crippen molar-refractivity contribution in [1.82, 2.24) is 23.9 Å². The Labute approximate surface area is 181 Å². The van der Waals surface area contributed by atoms with Gasteiger partial charge in [0, 0.05) is 30.2 Å². The molecule has 1 fully saturated rings. The Morgan fingerprint density at radius 3 is 2.35 bits per heavy atom. The van der Waals surface area contributed by atoms with Crippen molar-refractivity contribution in [2.45, 2.75) is 39.0 Å². The average molecular weight is 443 g/mol. The van der Waals surface area contributed by atoms with E-state index in [0.29, 0.717) is 36.4 Å². The topological polar surface area (TPSA) is 110 Å². The van der Waals surface area contributed by atoms with Gasteiger partial charge in [0.25, 0.3) is 11.7 Å². The van der Waals surface area contributed by atoms with Crippen molar-refractivity contribution in [3.05, 3.63) is 47.5 Å². The van der Waals surface area contributed by atoms with Crippen LogP contribution in [0.4, 0.5) is 5.69 Å². The van der Waals surface area contributed by atoms with E-state index in [1.165, 1.54) is 16.6 Å². The second-order valence-electron chi connectivity index (χ2n) is 8.43. The summed E-state index contributed by atoms with van der Waals surface area (Å²) in [5.74, 6) is 0.522. The summed E-state index contributed by atoms with van der Waals surface area (Å²) < 4.78 is 29.1. The first-order valence-electron chi connectivity index (χ1n) is 10.3. The van der Waals surface area contributed by atoms with Crippen molar-refractivity contribution in [2.75, 3.05) is 18.4 Å². The van der Waals surface area contributed by atoms with Gasteiger partial charge in [0.1, 0.15) is 0 Å². The van der Waals surface area contributed by atoms with Gasteiger partial charge in [0.15, 0.2) is 0 Å². The second kappa shape index (κ2) is 8.01. The molecule has 9 nitrogen and oxygen atoms in total. The van der Waals surface area contributed by atoms with Gasteiger partial charge in [0.2, 0.25) is 15.8 Å². The zero-order valence-corrected chi connectivity index (χ0v) is 18.8. The van der Waals surface area contributed by atoms with Crippen LogP contribution < -0.4 is 5.32 Å². The number of hydrogen-bond acceptors (Lipinski definition) is 6. The molecule has 3 aromatic rings. The second-order valence-corrected chi connectivity index (χ2v) is 10.4. The molecule has 1 N–H and O–H groups in total. The molecule has 164 valence electrons. The highest BCUT2D eigenvalue weighted by atomic mass is 32.2. The van der Waals surface area contributed by atoms with Crippen molar-refractivity contribution in [2.24, 2.45) is 11.8 Å². The Kier molecular flexibility index (Phi) is 5.52. The van der Waals surface area contributed by atoms with Crippen LogP contribution in [0.25, 0.3) is 5.78 Å². The first-order chi connectivity index (χ1) is 14.6. The van der Waals surface area contributed by atoms with E-state index in [1.54, 1.807) is 16.4 Å². The fraction of sp³-hybridized carbons (Fsp3) is 0.429.